The van der Waals surface area contributed by atoms with E-state index in [-0.39, 0.29) is 5.82 Å². The lowest BCUT2D eigenvalue weighted by Crippen LogP contribution is -2.34. The molecular formula is C17H18FN3O5. The number of carbonyl (C=O) groups is 1. The molecule has 1 saturated heterocycles. The Labute approximate surface area is 147 Å². The quantitative estimate of drug-likeness (QED) is 0.724. The molecule has 4 atom stereocenters. The van der Waals surface area contributed by atoms with Crippen LogP contribution in [0.5, 0.6) is 0 Å². The summed E-state index contributed by atoms with van der Waals surface area (Å²) >= 11 is 0. The van der Waals surface area contributed by atoms with Crippen LogP contribution in [-0.2, 0) is 4.74 Å². The Kier molecular flexibility index (Phi) is 5.12. The van der Waals surface area contributed by atoms with Gasteiger partial charge in [0.15, 0.2) is 12.4 Å². The number of aliphatic hydroxyl groups is 2. The molecule has 1 aliphatic heterocycles. The largest absolute Gasteiger partial charge is 0.394 e. The molecule has 1 aliphatic rings. The Morgan fingerprint density at radius 1 is 1.38 bits per heavy atom. The number of aliphatic hydroxyl groups excluding tert-OH is 2. The average molecular weight is 363 g/mol. The van der Waals surface area contributed by atoms with Crippen molar-refractivity contribution >= 4 is 11.7 Å². The van der Waals surface area contributed by atoms with Gasteiger partial charge in [0.05, 0.1) is 6.61 Å². The van der Waals surface area contributed by atoms with Crippen molar-refractivity contribution in [1.29, 1.82) is 0 Å². The van der Waals surface area contributed by atoms with Gasteiger partial charge in [-0.05, 0) is 19.1 Å². The molecule has 3 N–H and O–H groups in total. The van der Waals surface area contributed by atoms with Gasteiger partial charge < -0.3 is 20.3 Å². The van der Waals surface area contributed by atoms with Gasteiger partial charge >= 0.3 is 5.69 Å². The van der Waals surface area contributed by atoms with Crippen LogP contribution in [0.1, 0.15) is 22.1 Å². The molecule has 0 aliphatic carbocycles. The molecule has 0 spiro atoms. The van der Waals surface area contributed by atoms with Crippen molar-refractivity contribution in [2.24, 2.45) is 0 Å². The van der Waals surface area contributed by atoms with Gasteiger partial charge in [0.2, 0.25) is 0 Å². The fourth-order valence-corrected chi connectivity index (χ4v) is 2.72. The number of hydrogen-bond acceptors (Lipinski definition) is 6. The number of aromatic nitrogens is 2. The summed E-state index contributed by atoms with van der Waals surface area (Å²) < 4.78 is 20.3. The summed E-state index contributed by atoms with van der Waals surface area (Å²) in [5.74, 6) is -0.387. The van der Waals surface area contributed by atoms with Crippen molar-refractivity contribution in [2.45, 2.75) is 31.5 Å². The number of nitrogens with one attached hydrogen (secondary N) is 1. The van der Waals surface area contributed by atoms with Gasteiger partial charge in [0.1, 0.15) is 18.0 Å². The number of aryl methyl sites for hydroxylation is 1. The maximum Gasteiger partial charge on any atom is 0.351 e. The fraction of sp³-hybridized carbons (Fsp3) is 0.353. The Bertz CT molecular complexity index is 857. The van der Waals surface area contributed by atoms with Crippen LogP contribution in [0.2, 0.25) is 0 Å². The van der Waals surface area contributed by atoms with Gasteiger partial charge in [-0.2, -0.15) is 4.98 Å². The molecule has 8 nitrogen and oxygen atoms in total. The van der Waals surface area contributed by atoms with Crippen molar-refractivity contribution in [3.8, 4) is 0 Å². The predicted octanol–water partition coefficient (Wildman–Crippen LogP) is 0.393. The van der Waals surface area contributed by atoms with Crippen LogP contribution in [-0.4, -0.2) is 50.7 Å². The molecule has 1 aromatic carbocycles. The molecule has 3 rings (SSSR count). The molecule has 4 unspecified atom stereocenters. The van der Waals surface area contributed by atoms with E-state index in [2.05, 4.69) is 10.3 Å². The number of carbonyl (C=O) groups excluding carboxylic acids is 1. The Morgan fingerprint density at radius 2 is 2.08 bits per heavy atom. The SMILES string of the molecule is Cc1cn(C2OC(CO)C(O)C2F)c(=O)nc1NC(=O)c1ccccc1. The lowest BCUT2D eigenvalue weighted by Gasteiger charge is -2.17. The highest BCUT2D eigenvalue weighted by molar-refractivity contribution is 6.03. The van der Waals surface area contributed by atoms with Crippen molar-refractivity contribution in [3.63, 3.8) is 0 Å². The van der Waals surface area contributed by atoms with Gasteiger partial charge in [-0.1, -0.05) is 18.2 Å². The van der Waals surface area contributed by atoms with Crippen LogP contribution in [0.3, 0.4) is 0 Å². The molecule has 26 heavy (non-hydrogen) atoms. The average Bonchev–Trinajstić information content (AvgIpc) is 2.93. The van der Waals surface area contributed by atoms with Crippen molar-refractivity contribution in [3.05, 3.63) is 58.1 Å². The minimum absolute atomic E-state index is 0.0489. The molecule has 1 amide bonds. The van der Waals surface area contributed by atoms with Crippen LogP contribution < -0.4 is 11.0 Å². The first-order valence-corrected chi connectivity index (χ1v) is 7.97. The third-order valence-corrected chi connectivity index (χ3v) is 4.15. The Balaban J connectivity index is 1.85. The monoisotopic (exact) mass is 363 g/mol. The summed E-state index contributed by atoms with van der Waals surface area (Å²) in [5.41, 5.74) is -0.0428. The number of alkyl halides is 1. The van der Waals surface area contributed by atoms with E-state index in [1.807, 2.05) is 0 Å². The van der Waals surface area contributed by atoms with E-state index in [1.165, 1.54) is 6.20 Å². The molecule has 1 aromatic heterocycles. The number of anilines is 1. The second kappa shape index (κ2) is 7.32. The summed E-state index contributed by atoms with van der Waals surface area (Å²) in [6, 6.07) is 8.40. The zero-order chi connectivity index (χ0) is 18.8. The molecule has 0 radical (unpaired) electrons. The zero-order valence-corrected chi connectivity index (χ0v) is 13.9. The first kappa shape index (κ1) is 18.2. The second-order valence-corrected chi connectivity index (χ2v) is 5.97. The number of halogens is 1. The highest BCUT2D eigenvalue weighted by atomic mass is 19.1. The summed E-state index contributed by atoms with van der Waals surface area (Å²) in [6.45, 7) is 1.01. The molecule has 9 heteroatoms. The maximum atomic E-state index is 14.2. The zero-order valence-electron chi connectivity index (χ0n) is 13.9. The number of nitrogens with zero attached hydrogens (tertiary/aromatic N) is 2. The third-order valence-electron chi connectivity index (χ3n) is 4.15. The van der Waals surface area contributed by atoms with Crippen molar-refractivity contribution < 1.29 is 24.1 Å². The first-order valence-electron chi connectivity index (χ1n) is 7.97. The number of benzene rings is 1. The summed E-state index contributed by atoms with van der Waals surface area (Å²) in [4.78, 5) is 28.2. The van der Waals surface area contributed by atoms with E-state index in [0.29, 0.717) is 11.1 Å². The van der Waals surface area contributed by atoms with Gasteiger partial charge in [0, 0.05) is 17.3 Å². The van der Waals surface area contributed by atoms with Crippen LogP contribution in [0.25, 0.3) is 0 Å². The molecule has 0 bridgehead atoms. The van der Waals surface area contributed by atoms with E-state index in [1.54, 1.807) is 37.3 Å². The van der Waals surface area contributed by atoms with Crippen LogP contribution in [0, 0.1) is 6.92 Å². The summed E-state index contributed by atoms with van der Waals surface area (Å²) in [7, 11) is 0. The smallest absolute Gasteiger partial charge is 0.351 e. The Hall–Kier alpha value is -2.62. The highest BCUT2D eigenvalue weighted by Gasteiger charge is 2.45. The fourth-order valence-electron chi connectivity index (χ4n) is 2.72. The topological polar surface area (TPSA) is 114 Å². The Morgan fingerprint density at radius 3 is 2.69 bits per heavy atom. The normalized spacial score (nSPS) is 25.2. The van der Waals surface area contributed by atoms with Crippen molar-refractivity contribution in [1.82, 2.24) is 9.55 Å². The summed E-state index contributed by atoms with van der Waals surface area (Å²) in [6.07, 6.45) is -4.68. The van der Waals surface area contributed by atoms with Gasteiger partial charge in [-0.3, -0.25) is 9.36 Å². The van der Waals surface area contributed by atoms with E-state index in [4.69, 9.17) is 9.84 Å². The van der Waals surface area contributed by atoms with Crippen molar-refractivity contribution in [2.75, 3.05) is 11.9 Å². The number of ether oxygens (including phenoxy) is 1. The van der Waals surface area contributed by atoms with Crippen LogP contribution in [0.4, 0.5) is 10.2 Å². The summed E-state index contributed by atoms with van der Waals surface area (Å²) in [5, 5.41) is 21.3. The minimum atomic E-state index is -1.89. The molecule has 138 valence electrons. The third kappa shape index (κ3) is 3.36. The lowest BCUT2D eigenvalue weighted by atomic mass is 10.1. The van der Waals surface area contributed by atoms with E-state index in [0.717, 1.165) is 4.57 Å². The van der Waals surface area contributed by atoms with Gasteiger partial charge in [0.25, 0.3) is 5.91 Å². The number of amides is 1. The van der Waals surface area contributed by atoms with E-state index in [9.17, 15) is 19.1 Å². The van der Waals surface area contributed by atoms with Gasteiger partial charge in [-0.25, -0.2) is 9.18 Å². The first-order chi connectivity index (χ1) is 12.4. The molecule has 2 aromatic rings. The standard InChI is InChI=1S/C17H18FN3O5/c1-9-7-21(16-12(18)13(23)11(8-22)26-16)17(25)20-14(9)19-15(24)10-5-3-2-4-6-10/h2-7,11-13,16,22-23H,8H2,1H3,(H,19,20,24,25). The second-order valence-electron chi connectivity index (χ2n) is 5.97. The molecule has 1 fully saturated rings. The highest BCUT2D eigenvalue weighted by Crippen LogP contribution is 2.31. The number of hydrogen-bond donors (Lipinski definition) is 3. The van der Waals surface area contributed by atoms with Gasteiger partial charge in [-0.15, -0.1) is 0 Å². The molecular weight excluding hydrogens is 345 g/mol. The maximum absolute atomic E-state index is 14.2. The lowest BCUT2D eigenvalue weighted by molar-refractivity contribution is -0.0491. The molecule has 2 heterocycles. The predicted molar refractivity (Wildman–Crippen MR) is 89.5 cm³/mol. The van der Waals surface area contributed by atoms with E-state index < -0.39 is 42.8 Å². The minimum Gasteiger partial charge on any atom is -0.394 e. The van der Waals surface area contributed by atoms with E-state index >= 15 is 0 Å². The number of rotatable bonds is 4. The van der Waals surface area contributed by atoms with Crippen LogP contribution >= 0.6 is 0 Å². The molecule has 0 saturated carbocycles. The van der Waals surface area contributed by atoms with Crippen LogP contribution in [0.15, 0.2) is 41.3 Å².